The Bertz CT molecular complexity index is 520. The van der Waals surface area contributed by atoms with Gasteiger partial charge in [-0.05, 0) is 33.6 Å². The topological polar surface area (TPSA) is 117 Å². The highest BCUT2D eigenvalue weighted by Gasteiger charge is 2.46. The molecule has 0 aliphatic heterocycles. The van der Waals surface area contributed by atoms with Crippen LogP contribution in [0.25, 0.3) is 0 Å². The fourth-order valence-corrected chi connectivity index (χ4v) is 2.19. The van der Waals surface area contributed by atoms with Gasteiger partial charge in [0.2, 0.25) is 0 Å². The molecular weight excluding hydrogens is 292 g/mol. The van der Waals surface area contributed by atoms with Gasteiger partial charge in [0.1, 0.15) is 11.3 Å². The SMILES string of the molecule is COC(=O)C1=C(C(=O)OC)C(N)(NC(=O)OC(C)(C)C)CC1. The van der Waals surface area contributed by atoms with Crippen molar-refractivity contribution in [1.29, 1.82) is 0 Å². The van der Waals surface area contributed by atoms with Crippen molar-refractivity contribution in [2.45, 2.75) is 44.9 Å². The second-order valence-electron chi connectivity index (χ2n) is 5.93. The number of ether oxygens (including phenoxy) is 3. The third-order valence-electron chi connectivity index (χ3n) is 3.06. The number of esters is 2. The maximum atomic E-state index is 12.0. The van der Waals surface area contributed by atoms with Gasteiger partial charge in [-0.2, -0.15) is 0 Å². The Kier molecular flexibility index (Phi) is 5.18. The maximum absolute atomic E-state index is 12.0. The Balaban J connectivity index is 3.10. The standard InChI is InChI=1S/C14H22N2O6/c1-13(2,3)22-12(19)16-14(15)7-6-8(10(17)20-4)9(14)11(18)21-5/h6-7,15H2,1-5H3,(H,16,19). The summed E-state index contributed by atoms with van der Waals surface area (Å²) in [7, 11) is 2.36. The molecule has 1 amide bonds. The lowest BCUT2D eigenvalue weighted by Crippen LogP contribution is -2.58. The van der Waals surface area contributed by atoms with Crippen LogP contribution in [0, 0.1) is 0 Å². The molecule has 0 aromatic heterocycles. The smallest absolute Gasteiger partial charge is 0.409 e. The third-order valence-corrected chi connectivity index (χ3v) is 3.06. The minimum absolute atomic E-state index is 0.0907. The number of rotatable bonds is 3. The molecular formula is C14H22N2O6. The van der Waals surface area contributed by atoms with E-state index in [4.69, 9.17) is 10.5 Å². The Morgan fingerprint density at radius 2 is 1.68 bits per heavy atom. The average molecular weight is 314 g/mol. The summed E-state index contributed by atoms with van der Waals surface area (Å²) in [5.74, 6) is -1.48. The first-order valence-electron chi connectivity index (χ1n) is 6.74. The van der Waals surface area contributed by atoms with Crippen molar-refractivity contribution in [2.24, 2.45) is 5.73 Å². The Morgan fingerprint density at radius 1 is 1.14 bits per heavy atom. The fraction of sp³-hybridized carbons (Fsp3) is 0.643. The summed E-state index contributed by atoms with van der Waals surface area (Å²) in [6.07, 6.45) is -0.452. The van der Waals surface area contributed by atoms with Gasteiger partial charge in [-0.15, -0.1) is 0 Å². The molecule has 8 nitrogen and oxygen atoms in total. The molecule has 3 N–H and O–H groups in total. The van der Waals surface area contributed by atoms with Gasteiger partial charge >= 0.3 is 18.0 Å². The summed E-state index contributed by atoms with van der Waals surface area (Å²) in [6, 6.07) is 0. The van der Waals surface area contributed by atoms with E-state index in [1.54, 1.807) is 20.8 Å². The lowest BCUT2D eigenvalue weighted by molar-refractivity contribution is -0.139. The van der Waals surface area contributed by atoms with E-state index in [1.807, 2.05) is 0 Å². The van der Waals surface area contributed by atoms with E-state index in [0.717, 1.165) is 7.11 Å². The van der Waals surface area contributed by atoms with Crippen molar-refractivity contribution < 1.29 is 28.6 Å². The van der Waals surface area contributed by atoms with Gasteiger partial charge in [-0.3, -0.25) is 5.32 Å². The van der Waals surface area contributed by atoms with Crippen molar-refractivity contribution in [3.8, 4) is 0 Å². The van der Waals surface area contributed by atoms with E-state index in [-0.39, 0.29) is 24.0 Å². The first kappa shape index (κ1) is 18.0. The molecule has 0 spiro atoms. The van der Waals surface area contributed by atoms with Crippen LogP contribution in [0.5, 0.6) is 0 Å². The van der Waals surface area contributed by atoms with Gasteiger partial charge in [0.15, 0.2) is 0 Å². The van der Waals surface area contributed by atoms with Gasteiger partial charge in [-0.1, -0.05) is 0 Å². The fourth-order valence-electron chi connectivity index (χ4n) is 2.19. The van der Waals surface area contributed by atoms with Crippen LogP contribution in [0.3, 0.4) is 0 Å². The molecule has 1 unspecified atom stereocenters. The quantitative estimate of drug-likeness (QED) is 0.445. The van der Waals surface area contributed by atoms with Gasteiger partial charge in [0.25, 0.3) is 0 Å². The first-order valence-corrected chi connectivity index (χ1v) is 6.74. The summed E-state index contributed by atoms with van der Waals surface area (Å²) in [5, 5.41) is 2.44. The van der Waals surface area contributed by atoms with Gasteiger partial charge < -0.3 is 19.9 Å². The van der Waals surface area contributed by atoms with E-state index in [2.05, 4.69) is 14.8 Å². The molecule has 124 valence electrons. The second-order valence-corrected chi connectivity index (χ2v) is 5.93. The monoisotopic (exact) mass is 314 g/mol. The molecule has 0 saturated carbocycles. The van der Waals surface area contributed by atoms with Crippen molar-refractivity contribution >= 4 is 18.0 Å². The van der Waals surface area contributed by atoms with Crippen LogP contribution in [0.15, 0.2) is 11.1 Å². The highest BCUT2D eigenvalue weighted by Crippen LogP contribution is 2.34. The van der Waals surface area contributed by atoms with Gasteiger partial charge in [0, 0.05) is 0 Å². The van der Waals surface area contributed by atoms with Crippen molar-refractivity contribution in [3.63, 3.8) is 0 Å². The molecule has 1 rings (SSSR count). The molecule has 1 aliphatic carbocycles. The van der Waals surface area contributed by atoms with Crippen molar-refractivity contribution in [1.82, 2.24) is 5.32 Å². The number of methoxy groups -OCH3 is 2. The van der Waals surface area contributed by atoms with Crippen LogP contribution in [0.4, 0.5) is 4.79 Å². The first-order chi connectivity index (χ1) is 10.0. The summed E-state index contributed by atoms with van der Waals surface area (Å²) < 4.78 is 14.4. The summed E-state index contributed by atoms with van der Waals surface area (Å²) >= 11 is 0. The molecule has 22 heavy (non-hydrogen) atoms. The Morgan fingerprint density at radius 3 is 2.14 bits per heavy atom. The van der Waals surface area contributed by atoms with Crippen LogP contribution in [-0.4, -0.2) is 43.5 Å². The highest BCUT2D eigenvalue weighted by molar-refractivity contribution is 6.03. The predicted molar refractivity (Wildman–Crippen MR) is 76.6 cm³/mol. The summed E-state index contributed by atoms with van der Waals surface area (Å²) in [4.78, 5) is 35.6. The van der Waals surface area contributed by atoms with Crippen molar-refractivity contribution in [2.75, 3.05) is 14.2 Å². The molecule has 0 bridgehead atoms. The summed E-state index contributed by atoms with van der Waals surface area (Å²) in [6.45, 7) is 5.09. The average Bonchev–Trinajstić information content (AvgIpc) is 2.71. The van der Waals surface area contributed by atoms with E-state index in [0.29, 0.717) is 0 Å². The van der Waals surface area contributed by atoms with Crippen LogP contribution in [0.2, 0.25) is 0 Å². The van der Waals surface area contributed by atoms with E-state index >= 15 is 0 Å². The molecule has 0 saturated heterocycles. The van der Waals surface area contributed by atoms with E-state index in [1.165, 1.54) is 7.11 Å². The van der Waals surface area contributed by atoms with Crippen LogP contribution in [0.1, 0.15) is 33.6 Å². The highest BCUT2D eigenvalue weighted by atomic mass is 16.6. The molecule has 0 heterocycles. The molecule has 1 aliphatic rings. The molecule has 8 heteroatoms. The van der Waals surface area contributed by atoms with E-state index < -0.39 is 29.3 Å². The Labute approximate surface area is 129 Å². The van der Waals surface area contributed by atoms with Gasteiger partial charge in [-0.25, -0.2) is 14.4 Å². The number of carbonyl (C=O) groups excluding carboxylic acids is 3. The minimum Gasteiger partial charge on any atom is -0.466 e. The lowest BCUT2D eigenvalue weighted by atomic mass is 10.0. The van der Waals surface area contributed by atoms with Crippen LogP contribution < -0.4 is 11.1 Å². The molecule has 0 fully saturated rings. The molecule has 0 radical (unpaired) electrons. The third kappa shape index (κ3) is 3.97. The maximum Gasteiger partial charge on any atom is 0.409 e. The second kappa shape index (κ2) is 6.35. The van der Waals surface area contributed by atoms with E-state index in [9.17, 15) is 14.4 Å². The molecule has 0 aromatic carbocycles. The van der Waals surface area contributed by atoms with Gasteiger partial charge in [0.05, 0.1) is 25.4 Å². The predicted octanol–water partition coefficient (Wildman–Crippen LogP) is 0.602. The number of hydrogen-bond donors (Lipinski definition) is 2. The summed E-state index contributed by atoms with van der Waals surface area (Å²) in [5.41, 5.74) is 3.81. The largest absolute Gasteiger partial charge is 0.466 e. The minimum atomic E-state index is -1.54. The molecule has 0 aromatic rings. The number of carbonyl (C=O) groups is 3. The zero-order valence-electron chi connectivity index (χ0n) is 13.4. The zero-order valence-corrected chi connectivity index (χ0v) is 13.4. The van der Waals surface area contributed by atoms with Crippen LogP contribution in [-0.2, 0) is 23.8 Å². The number of nitrogens with one attached hydrogen (secondary N) is 1. The van der Waals surface area contributed by atoms with Crippen LogP contribution >= 0.6 is 0 Å². The number of hydrogen-bond acceptors (Lipinski definition) is 7. The Hall–Kier alpha value is -2.09. The number of amides is 1. The molecule has 1 atom stereocenters. The number of nitrogens with two attached hydrogens (primary N) is 1. The van der Waals surface area contributed by atoms with Crippen molar-refractivity contribution in [3.05, 3.63) is 11.1 Å². The lowest BCUT2D eigenvalue weighted by Gasteiger charge is -2.29. The normalized spacial score (nSPS) is 21.4. The number of alkyl carbamates (subject to hydrolysis) is 1. The zero-order chi connectivity index (χ0) is 17.1.